The van der Waals surface area contributed by atoms with Gasteiger partial charge in [-0.25, -0.2) is 14.4 Å². The second-order valence-electron chi connectivity index (χ2n) is 6.65. The van der Waals surface area contributed by atoms with Crippen molar-refractivity contribution < 1.29 is 9.18 Å². The van der Waals surface area contributed by atoms with Crippen molar-refractivity contribution in [3.05, 3.63) is 77.1 Å². The highest BCUT2D eigenvalue weighted by Crippen LogP contribution is 2.32. The van der Waals surface area contributed by atoms with E-state index < -0.39 is 5.82 Å². The van der Waals surface area contributed by atoms with Gasteiger partial charge in [-0.1, -0.05) is 35.1 Å². The molecule has 0 aliphatic rings. The highest BCUT2D eigenvalue weighted by atomic mass is 35.5. The first-order chi connectivity index (χ1) is 14.0. The van der Waals surface area contributed by atoms with Crippen LogP contribution < -0.4 is 4.90 Å². The first kappa shape index (κ1) is 19.5. The van der Waals surface area contributed by atoms with Crippen LogP contribution >= 0.6 is 22.9 Å². The summed E-state index contributed by atoms with van der Waals surface area (Å²) in [6.45, 7) is 3.16. The molecule has 0 saturated heterocycles. The smallest absolute Gasteiger partial charge is 0.261 e. The molecule has 8 heteroatoms. The van der Waals surface area contributed by atoms with E-state index >= 15 is 0 Å². The summed E-state index contributed by atoms with van der Waals surface area (Å²) in [5, 5.41) is 0.692. The molecule has 0 radical (unpaired) electrons. The van der Waals surface area contributed by atoms with Crippen LogP contribution in [0.25, 0.3) is 10.2 Å². The van der Waals surface area contributed by atoms with Crippen LogP contribution in [0.1, 0.15) is 22.3 Å². The Hall–Kier alpha value is -2.77. The first-order valence-corrected chi connectivity index (χ1v) is 10.3. The maximum Gasteiger partial charge on any atom is 0.261 e. The number of carbonyl (C=O) groups excluding carboxylic acids is 1. The SMILES string of the molecule is Cc1cccc2sc(N(CCCn3ccnc3)C(=O)c3ccc(F)cc3Cl)nc12. The first-order valence-electron chi connectivity index (χ1n) is 9.12. The Labute approximate surface area is 176 Å². The van der Waals surface area contributed by atoms with Crippen molar-refractivity contribution in [3.63, 3.8) is 0 Å². The summed E-state index contributed by atoms with van der Waals surface area (Å²) >= 11 is 7.62. The number of thiazole rings is 1. The number of para-hydroxylation sites is 1. The molecule has 0 atom stereocenters. The highest BCUT2D eigenvalue weighted by molar-refractivity contribution is 7.22. The fourth-order valence-electron chi connectivity index (χ4n) is 3.11. The van der Waals surface area contributed by atoms with Gasteiger partial charge >= 0.3 is 0 Å². The van der Waals surface area contributed by atoms with E-state index in [9.17, 15) is 9.18 Å². The lowest BCUT2D eigenvalue weighted by molar-refractivity contribution is 0.0986. The van der Waals surface area contributed by atoms with Gasteiger partial charge in [-0.15, -0.1) is 0 Å². The van der Waals surface area contributed by atoms with Gasteiger partial charge in [0.25, 0.3) is 5.91 Å². The van der Waals surface area contributed by atoms with Gasteiger partial charge in [-0.2, -0.15) is 0 Å². The summed E-state index contributed by atoms with van der Waals surface area (Å²) in [6, 6.07) is 9.77. The number of rotatable bonds is 6. The molecule has 5 nitrogen and oxygen atoms in total. The van der Waals surface area contributed by atoms with Gasteiger partial charge in [0.15, 0.2) is 5.13 Å². The Morgan fingerprint density at radius 1 is 1.31 bits per heavy atom. The van der Waals surface area contributed by atoms with Crippen LogP contribution in [-0.4, -0.2) is 27.0 Å². The van der Waals surface area contributed by atoms with Crippen LogP contribution in [-0.2, 0) is 6.54 Å². The molecular formula is C21H18ClFN4OS. The second-order valence-corrected chi connectivity index (χ2v) is 8.07. The van der Waals surface area contributed by atoms with Crippen molar-refractivity contribution in [2.75, 3.05) is 11.4 Å². The zero-order valence-corrected chi connectivity index (χ0v) is 17.3. The lowest BCUT2D eigenvalue weighted by atomic mass is 10.2. The van der Waals surface area contributed by atoms with Crippen molar-refractivity contribution >= 4 is 44.2 Å². The molecule has 29 heavy (non-hydrogen) atoms. The molecule has 0 spiro atoms. The van der Waals surface area contributed by atoms with Crippen LogP contribution in [0.5, 0.6) is 0 Å². The van der Waals surface area contributed by atoms with Crippen LogP contribution in [0.3, 0.4) is 0 Å². The standard InChI is InChI=1S/C21H18ClFN4OS/c1-14-4-2-5-18-19(14)25-21(29-18)27(10-3-9-26-11-8-24-13-26)20(28)16-7-6-15(23)12-17(16)22/h2,4-8,11-13H,3,9-10H2,1H3. The largest absolute Gasteiger partial charge is 0.337 e. The number of carbonyl (C=O) groups is 1. The third-order valence-electron chi connectivity index (χ3n) is 4.60. The summed E-state index contributed by atoms with van der Waals surface area (Å²) < 4.78 is 16.4. The maximum absolute atomic E-state index is 13.5. The van der Waals surface area contributed by atoms with E-state index in [0.717, 1.165) is 21.8 Å². The zero-order valence-electron chi connectivity index (χ0n) is 15.7. The van der Waals surface area contributed by atoms with Crippen molar-refractivity contribution in [1.29, 1.82) is 0 Å². The Morgan fingerprint density at radius 3 is 2.90 bits per heavy atom. The molecular weight excluding hydrogens is 411 g/mol. The topological polar surface area (TPSA) is 51.0 Å². The van der Waals surface area contributed by atoms with Gasteiger partial charge in [0, 0.05) is 25.5 Å². The predicted octanol–water partition coefficient (Wildman–Crippen LogP) is 5.33. The molecule has 0 unspecified atom stereocenters. The molecule has 4 rings (SSSR count). The predicted molar refractivity (Wildman–Crippen MR) is 114 cm³/mol. The number of aromatic nitrogens is 3. The van der Waals surface area contributed by atoms with Crippen molar-refractivity contribution in [2.24, 2.45) is 0 Å². The number of amides is 1. The number of fused-ring (bicyclic) bond motifs is 1. The molecule has 0 saturated carbocycles. The summed E-state index contributed by atoms with van der Waals surface area (Å²) in [5.74, 6) is -0.772. The number of halogens is 2. The summed E-state index contributed by atoms with van der Waals surface area (Å²) in [7, 11) is 0. The van der Waals surface area contributed by atoms with Crippen molar-refractivity contribution in [1.82, 2.24) is 14.5 Å². The Kier molecular flexibility index (Phi) is 5.60. The Bertz CT molecular complexity index is 1160. The molecule has 1 amide bonds. The summed E-state index contributed by atoms with van der Waals surface area (Å²) in [5.41, 5.74) is 2.19. The van der Waals surface area contributed by atoms with Gasteiger partial charge in [-0.3, -0.25) is 9.69 Å². The van der Waals surface area contributed by atoms with Gasteiger partial charge in [0.1, 0.15) is 5.82 Å². The van der Waals surface area contributed by atoms with Crippen molar-refractivity contribution in [2.45, 2.75) is 19.9 Å². The third kappa shape index (κ3) is 4.16. The number of hydrogen-bond acceptors (Lipinski definition) is 4. The van der Waals surface area contributed by atoms with Gasteiger partial charge in [0.2, 0.25) is 0 Å². The number of hydrogen-bond donors (Lipinski definition) is 0. The Morgan fingerprint density at radius 2 is 2.17 bits per heavy atom. The normalized spacial score (nSPS) is 11.1. The molecule has 4 aromatic rings. The number of aryl methyl sites for hydroxylation is 2. The minimum atomic E-state index is -0.478. The third-order valence-corrected chi connectivity index (χ3v) is 5.96. The van der Waals surface area contributed by atoms with Crippen LogP contribution in [0, 0.1) is 12.7 Å². The van der Waals surface area contributed by atoms with Gasteiger partial charge in [-0.05, 0) is 43.2 Å². The molecule has 0 N–H and O–H groups in total. The van der Waals surface area contributed by atoms with Crippen LogP contribution in [0.2, 0.25) is 5.02 Å². The van der Waals surface area contributed by atoms with Crippen LogP contribution in [0.15, 0.2) is 55.1 Å². The average Bonchev–Trinajstić information content (AvgIpc) is 3.35. The molecule has 0 aliphatic carbocycles. The number of nitrogens with zero attached hydrogens (tertiary/aromatic N) is 4. The zero-order chi connectivity index (χ0) is 20.4. The van der Waals surface area contributed by atoms with E-state index in [1.165, 1.54) is 23.5 Å². The number of imidazole rings is 1. The highest BCUT2D eigenvalue weighted by Gasteiger charge is 2.23. The van der Waals surface area contributed by atoms with Crippen LogP contribution in [0.4, 0.5) is 9.52 Å². The number of anilines is 1. The van der Waals surface area contributed by atoms with E-state index in [1.54, 1.807) is 17.4 Å². The average molecular weight is 429 g/mol. The second kappa shape index (κ2) is 8.31. The molecule has 148 valence electrons. The van der Waals surface area contributed by atoms with Gasteiger partial charge in [0.05, 0.1) is 27.1 Å². The quantitative estimate of drug-likeness (QED) is 0.417. The lowest BCUT2D eigenvalue weighted by Gasteiger charge is -2.20. The van der Waals surface area contributed by atoms with E-state index in [0.29, 0.717) is 24.6 Å². The summed E-state index contributed by atoms with van der Waals surface area (Å²) in [6.07, 6.45) is 6.04. The van der Waals surface area contributed by atoms with E-state index in [4.69, 9.17) is 16.6 Å². The fraction of sp³-hybridized carbons (Fsp3) is 0.190. The summed E-state index contributed by atoms with van der Waals surface area (Å²) in [4.78, 5) is 23.7. The van der Waals surface area contributed by atoms with E-state index in [-0.39, 0.29) is 16.5 Å². The van der Waals surface area contributed by atoms with Gasteiger partial charge < -0.3 is 4.57 Å². The monoisotopic (exact) mass is 428 g/mol. The fourth-order valence-corrected chi connectivity index (χ4v) is 4.43. The molecule has 2 heterocycles. The van der Waals surface area contributed by atoms with E-state index in [1.807, 2.05) is 35.9 Å². The molecule has 2 aromatic carbocycles. The van der Waals surface area contributed by atoms with Crippen molar-refractivity contribution in [3.8, 4) is 0 Å². The molecule has 0 fully saturated rings. The maximum atomic E-state index is 13.5. The molecule has 0 bridgehead atoms. The minimum absolute atomic E-state index is 0.0897. The Balaban J connectivity index is 1.67. The number of benzene rings is 2. The van der Waals surface area contributed by atoms with E-state index in [2.05, 4.69) is 4.98 Å². The minimum Gasteiger partial charge on any atom is -0.337 e. The lowest BCUT2D eigenvalue weighted by Crippen LogP contribution is -2.32. The molecule has 2 aromatic heterocycles. The molecule has 0 aliphatic heterocycles.